The molecule has 0 saturated heterocycles. The average Bonchev–Trinajstić information content (AvgIpc) is 2.26. The molecule has 0 aliphatic carbocycles. The predicted octanol–water partition coefficient (Wildman–Crippen LogP) is 2.70. The molecule has 1 aromatic rings. The van der Waals surface area contributed by atoms with E-state index < -0.39 is 0 Å². The molecule has 1 aromatic carbocycles. The maximum Gasteiger partial charge on any atom is 0.249 e. The van der Waals surface area contributed by atoms with E-state index in [1.165, 1.54) is 12.8 Å². The highest BCUT2D eigenvalue weighted by Crippen LogP contribution is 2.18. The Balaban J connectivity index is 2.66. The van der Waals surface area contributed by atoms with Gasteiger partial charge in [0.15, 0.2) is 0 Å². The molecule has 0 radical (unpaired) electrons. The SMILES string of the molecule is CCCCCNc1cccc(C(N)=O)c1C. The lowest BCUT2D eigenvalue weighted by atomic mass is 10.1. The van der Waals surface area contributed by atoms with E-state index in [1.54, 1.807) is 6.07 Å². The summed E-state index contributed by atoms with van der Waals surface area (Å²) in [6.45, 7) is 5.04. The first kappa shape index (κ1) is 12.6. The van der Waals surface area contributed by atoms with Crippen LogP contribution in [0.15, 0.2) is 18.2 Å². The molecule has 0 aliphatic heterocycles. The summed E-state index contributed by atoms with van der Waals surface area (Å²) >= 11 is 0. The number of rotatable bonds is 6. The van der Waals surface area contributed by atoms with Gasteiger partial charge < -0.3 is 11.1 Å². The van der Waals surface area contributed by atoms with Crippen molar-refractivity contribution in [3.8, 4) is 0 Å². The number of anilines is 1. The van der Waals surface area contributed by atoms with Gasteiger partial charge in [0, 0.05) is 17.8 Å². The van der Waals surface area contributed by atoms with Gasteiger partial charge in [-0.05, 0) is 31.0 Å². The van der Waals surface area contributed by atoms with Crippen LogP contribution in [0.3, 0.4) is 0 Å². The number of benzene rings is 1. The Bertz CT molecular complexity index is 361. The van der Waals surface area contributed by atoms with Crippen LogP contribution in [-0.2, 0) is 0 Å². The zero-order chi connectivity index (χ0) is 12.0. The van der Waals surface area contributed by atoms with Crippen LogP contribution >= 0.6 is 0 Å². The maximum atomic E-state index is 11.1. The van der Waals surface area contributed by atoms with Crippen molar-refractivity contribution in [3.63, 3.8) is 0 Å². The van der Waals surface area contributed by atoms with Crippen molar-refractivity contribution in [1.82, 2.24) is 0 Å². The highest BCUT2D eigenvalue weighted by molar-refractivity contribution is 5.95. The molecule has 3 N–H and O–H groups in total. The van der Waals surface area contributed by atoms with E-state index in [0.717, 1.165) is 24.2 Å². The number of unbranched alkanes of at least 4 members (excludes halogenated alkanes) is 2. The second-order valence-electron chi connectivity index (χ2n) is 3.98. The number of primary amides is 1. The molecule has 16 heavy (non-hydrogen) atoms. The summed E-state index contributed by atoms with van der Waals surface area (Å²) in [5.41, 5.74) is 7.83. The Kier molecular flexibility index (Phi) is 4.83. The quantitative estimate of drug-likeness (QED) is 0.724. The van der Waals surface area contributed by atoms with Gasteiger partial charge in [0.05, 0.1) is 0 Å². The van der Waals surface area contributed by atoms with Gasteiger partial charge in [-0.15, -0.1) is 0 Å². The second kappa shape index (κ2) is 6.16. The standard InChI is InChI=1S/C13H20N2O/c1-3-4-5-9-15-12-8-6-7-11(10(12)2)13(14)16/h6-8,15H,3-5,9H2,1-2H3,(H2,14,16). The predicted molar refractivity (Wildman–Crippen MR) is 67.7 cm³/mol. The number of carbonyl (C=O) groups excluding carboxylic acids is 1. The molecule has 0 spiro atoms. The van der Waals surface area contributed by atoms with Crippen LogP contribution in [0.2, 0.25) is 0 Å². The van der Waals surface area contributed by atoms with Gasteiger partial charge in [0.25, 0.3) is 0 Å². The number of nitrogens with one attached hydrogen (secondary N) is 1. The van der Waals surface area contributed by atoms with Gasteiger partial charge in [0.1, 0.15) is 0 Å². The summed E-state index contributed by atoms with van der Waals surface area (Å²) in [6, 6.07) is 5.60. The van der Waals surface area contributed by atoms with Crippen LogP contribution in [0.1, 0.15) is 42.1 Å². The fraction of sp³-hybridized carbons (Fsp3) is 0.462. The Morgan fingerprint density at radius 1 is 1.38 bits per heavy atom. The van der Waals surface area contributed by atoms with Crippen LogP contribution in [0.25, 0.3) is 0 Å². The van der Waals surface area contributed by atoms with E-state index in [9.17, 15) is 4.79 Å². The van der Waals surface area contributed by atoms with Gasteiger partial charge in [-0.25, -0.2) is 0 Å². The number of carbonyl (C=O) groups is 1. The number of hydrogen-bond acceptors (Lipinski definition) is 2. The summed E-state index contributed by atoms with van der Waals surface area (Å²) in [5.74, 6) is -0.366. The van der Waals surface area contributed by atoms with Gasteiger partial charge >= 0.3 is 0 Å². The number of hydrogen-bond donors (Lipinski definition) is 2. The van der Waals surface area contributed by atoms with E-state index in [2.05, 4.69) is 12.2 Å². The van der Waals surface area contributed by atoms with E-state index in [4.69, 9.17) is 5.73 Å². The molecular formula is C13H20N2O. The minimum Gasteiger partial charge on any atom is -0.385 e. The topological polar surface area (TPSA) is 55.1 Å². The molecule has 0 saturated carbocycles. The van der Waals surface area contributed by atoms with Crippen molar-refractivity contribution >= 4 is 11.6 Å². The third-order valence-electron chi connectivity index (χ3n) is 2.70. The van der Waals surface area contributed by atoms with Crippen molar-refractivity contribution in [2.75, 3.05) is 11.9 Å². The summed E-state index contributed by atoms with van der Waals surface area (Å²) in [4.78, 5) is 11.1. The van der Waals surface area contributed by atoms with Crippen molar-refractivity contribution in [2.24, 2.45) is 5.73 Å². The van der Waals surface area contributed by atoms with Crippen LogP contribution in [-0.4, -0.2) is 12.5 Å². The van der Waals surface area contributed by atoms with Crippen LogP contribution in [0.5, 0.6) is 0 Å². The van der Waals surface area contributed by atoms with Crippen molar-refractivity contribution in [3.05, 3.63) is 29.3 Å². The first-order valence-electron chi connectivity index (χ1n) is 5.80. The van der Waals surface area contributed by atoms with Crippen molar-refractivity contribution < 1.29 is 4.79 Å². The van der Waals surface area contributed by atoms with E-state index in [0.29, 0.717) is 5.56 Å². The summed E-state index contributed by atoms with van der Waals surface area (Å²) < 4.78 is 0. The van der Waals surface area contributed by atoms with Crippen LogP contribution in [0.4, 0.5) is 5.69 Å². The molecule has 0 bridgehead atoms. The normalized spacial score (nSPS) is 10.1. The first-order chi connectivity index (χ1) is 7.66. The second-order valence-corrected chi connectivity index (χ2v) is 3.98. The molecule has 3 nitrogen and oxygen atoms in total. The Labute approximate surface area is 97.0 Å². The minimum atomic E-state index is -0.366. The molecule has 0 unspecified atom stereocenters. The van der Waals surface area contributed by atoms with Gasteiger partial charge in [-0.2, -0.15) is 0 Å². The average molecular weight is 220 g/mol. The molecule has 0 aromatic heterocycles. The zero-order valence-electron chi connectivity index (χ0n) is 10.0. The fourth-order valence-electron chi connectivity index (χ4n) is 1.69. The minimum absolute atomic E-state index is 0.366. The number of nitrogens with two attached hydrogens (primary N) is 1. The molecular weight excluding hydrogens is 200 g/mol. The molecule has 0 atom stereocenters. The van der Waals surface area contributed by atoms with Crippen LogP contribution < -0.4 is 11.1 Å². The molecule has 1 amide bonds. The largest absolute Gasteiger partial charge is 0.385 e. The monoisotopic (exact) mass is 220 g/mol. The van der Waals surface area contributed by atoms with E-state index in [-0.39, 0.29) is 5.91 Å². The highest BCUT2D eigenvalue weighted by atomic mass is 16.1. The molecule has 0 heterocycles. The first-order valence-corrected chi connectivity index (χ1v) is 5.80. The lowest BCUT2D eigenvalue weighted by Crippen LogP contribution is -2.14. The summed E-state index contributed by atoms with van der Waals surface area (Å²) in [7, 11) is 0. The Hall–Kier alpha value is -1.51. The Morgan fingerprint density at radius 3 is 2.75 bits per heavy atom. The smallest absolute Gasteiger partial charge is 0.249 e. The van der Waals surface area contributed by atoms with Crippen LogP contribution in [0, 0.1) is 6.92 Å². The van der Waals surface area contributed by atoms with E-state index >= 15 is 0 Å². The molecule has 0 aliphatic rings. The highest BCUT2D eigenvalue weighted by Gasteiger charge is 2.07. The van der Waals surface area contributed by atoms with E-state index in [1.807, 2.05) is 19.1 Å². The van der Waals surface area contributed by atoms with Gasteiger partial charge in [0.2, 0.25) is 5.91 Å². The summed E-state index contributed by atoms with van der Waals surface area (Å²) in [5, 5.41) is 3.34. The lowest BCUT2D eigenvalue weighted by molar-refractivity contribution is 0.1000. The zero-order valence-corrected chi connectivity index (χ0v) is 10.0. The van der Waals surface area contributed by atoms with Gasteiger partial charge in [-0.1, -0.05) is 25.8 Å². The molecule has 88 valence electrons. The third kappa shape index (κ3) is 3.26. The Morgan fingerprint density at radius 2 is 2.12 bits per heavy atom. The van der Waals surface area contributed by atoms with Gasteiger partial charge in [-0.3, -0.25) is 4.79 Å². The molecule has 1 rings (SSSR count). The summed E-state index contributed by atoms with van der Waals surface area (Å²) in [6.07, 6.45) is 3.58. The maximum absolute atomic E-state index is 11.1. The molecule has 0 fully saturated rings. The fourth-order valence-corrected chi connectivity index (χ4v) is 1.69. The third-order valence-corrected chi connectivity index (χ3v) is 2.70. The lowest BCUT2D eigenvalue weighted by Gasteiger charge is -2.11. The van der Waals surface area contributed by atoms with Crippen molar-refractivity contribution in [1.29, 1.82) is 0 Å². The molecule has 3 heteroatoms. The van der Waals surface area contributed by atoms with Crippen molar-refractivity contribution in [2.45, 2.75) is 33.1 Å². The number of amides is 1.